The van der Waals surface area contributed by atoms with Crippen LogP contribution in [-0.4, -0.2) is 42.0 Å². The van der Waals surface area contributed by atoms with Crippen LogP contribution in [-0.2, 0) is 10.0 Å². The molecule has 0 spiro atoms. The van der Waals surface area contributed by atoms with Gasteiger partial charge >= 0.3 is 0 Å². The summed E-state index contributed by atoms with van der Waals surface area (Å²) in [5, 5.41) is 9.02. The van der Waals surface area contributed by atoms with E-state index in [9.17, 15) is 8.42 Å². The van der Waals surface area contributed by atoms with Gasteiger partial charge in [0.2, 0.25) is 10.0 Å². The molecule has 1 aromatic rings. The lowest BCUT2D eigenvalue weighted by Crippen LogP contribution is -2.36. The number of sulfonamides is 1. The van der Waals surface area contributed by atoms with Gasteiger partial charge in [0.25, 0.3) is 0 Å². The zero-order chi connectivity index (χ0) is 13.9. The average Bonchev–Trinajstić information content (AvgIpc) is 2.88. The van der Waals surface area contributed by atoms with Crippen LogP contribution in [0.3, 0.4) is 0 Å². The lowest BCUT2D eigenvalue weighted by molar-refractivity contribution is 0.246. The van der Waals surface area contributed by atoms with Gasteiger partial charge in [0.05, 0.1) is 0 Å². The maximum absolute atomic E-state index is 12.6. The van der Waals surface area contributed by atoms with E-state index in [4.69, 9.17) is 10.9 Å². The number of aliphatic hydroxyl groups excluding tert-OH is 1. The lowest BCUT2D eigenvalue weighted by Gasteiger charge is -2.24. The number of anilines is 1. The van der Waals surface area contributed by atoms with E-state index in [1.165, 1.54) is 16.6 Å². The third-order valence-corrected chi connectivity index (χ3v) is 5.26. The summed E-state index contributed by atoms with van der Waals surface area (Å²) in [6.45, 7) is 0.442. The molecule has 8 heteroatoms. The molecule has 7 nitrogen and oxygen atoms in total. The molecule has 0 radical (unpaired) electrons. The third-order valence-electron chi connectivity index (χ3n) is 3.28. The van der Waals surface area contributed by atoms with Crippen molar-refractivity contribution in [2.24, 2.45) is 5.84 Å². The van der Waals surface area contributed by atoms with Crippen molar-refractivity contribution in [3.8, 4) is 0 Å². The lowest BCUT2D eigenvalue weighted by atomic mass is 10.2. The molecule has 0 aliphatic carbocycles. The van der Waals surface area contributed by atoms with Gasteiger partial charge in [0.1, 0.15) is 4.90 Å². The second-order valence-electron chi connectivity index (χ2n) is 4.42. The van der Waals surface area contributed by atoms with E-state index < -0.39 is 10.0 Å². The van der Waals surface area contributed by atoms with E-state index in [2.05, 4.69) is 10.4 Å². The molecule has 0 aromatic carbocycles. The molecule has 2 rings (SSSR count). The molecule has 1 aliphatic heterocycles. The molecule has 1 atom stereocenters. The number of nitrogens with two attached hydrogens (primary N) is 1. The molecule has 106 valence electrons. The first-order valence-electron chi connectivity index (χ1n) is 6.15. The number of hydrogen-bond acceptors (Lipinski definition) is 6. The number of pyridine rings is 1. The predicted octanol–water partition coefficient (Wildman–Crippen LogP) is -0.0973. The summed E-state index contributed by atoms with van der Waals surface area (Å²) in [6, 6.07) is 2.89. The van der Waals surface area contributed by atoms with Gasteiger partial charge < -0.3 is 10.5 Å². The van der Waals surface area contributed by atoms with Crippen LogP contribution < -0.4 is 11.3 Å². The van der Waals surface area contributed by atoms with Crippen LogP contribution in [0.25, 0.3) is 0 Å². The quantitative estimate of drug-likeness (QED) is 0.515. The summed E-state index contributed by atoms with van der Waals surface area (Å²) >= 11 is 0. The third kappa shape index (κ3) is 2.71. The van der Waals surface area contributed by atoms with Crippen molar-refractivity contribution < 1.29 is 13.5 Å². The minimum atomic E-state index is -3.64. The SMILES string of the molecule is NNc1ncccc1S(=O)(=O)N1CCCC1CCO. The topological polar surface area (TPSA) is 109 Å². The Morgan fingerprint density at radius 2 is 2.37 bits per heavy atom. The van der Waals surface area contributed by atoms with Crippen LogP contribution >= 0.6 is 0 Å². The van der Waals surface area contributed by atoms with Gasteiger partial charge in [-0.25, -0.2) is 19.2 Å². The van der Waals surface area contributed by atoms with Crippen molar-refractivity contribution in [3.63, 3.8) is 0 Å². The van der Waals surface area contributed by atoms with E-state index in [1.54, 1.807) is 6.07 Å². The number of hydrogen-bond donors (Lipinski definition) is 3. The van der Waals surface area contributed by atoms with Gasteiger partial charge in [-0.3, -0.25) is 0 Å². The molecule has 1 aromatic heterocycles. The zero-order valence-corrected chi connectivity index (χ0v) is 11.3. The van der Waals surface area contributed by atoms with Crippen molar-refractivity contribution in [3.05, 3.63) is 18.3 Å². The van der Waals surface area contributed by atoms with Crippen LogP contribution in [0.5, 0.6) is 0 Å². The van der Waals surface area contributed by atoms with Crippen LogP contribution in [0.4, 0.5) is 5.82 Å². The highest BCUT2D eigenvalue weighted by Crippen LogP contribution is 2.29. The Morgan fingerprint density at radius 1 is 1.58 bits per heavy atom. The summed E-state index contributed by atoms with van der Waals surface area (Å²) in [5.41, 5.74) is 2.31. The Kier molecular flexibility index (Phi) is 4.35. The number of nitrogen functional groups attached to an aromatic ring is 1. The Hall–Kier alpha value is -1.22. The highest BCUT2D eigenvalue weighted by Gasteiger charge is 2.36. The van der Waals surface area contributed by atoms with Gasteiger partial charge in [-0.2, -0.15) is 4.31 Å². The standard InChI is InChI=1S/C11H18N4O3S/c12-14-11-10(4-1-6-13-11)19(17,18)15-7-2-3-9(15)5-8-16/h1,4,6,9,16H,2-3,5,7-8,12H2,(H,13,14). The van der Waals surface area contributed by atoms with Crippen LogP contribution in [0, 0.1) is 0 Å². The molecule has 1 aliphatic rings. The van der Waals surface area contributed by atoms with Gasteiger partial charge in [-0.1, -0.05) is 0 Å². The van der Waals surface area contributed by atoms with E-state index in [-0.39, 0.29) is 23.4 Å². The fraction of sp³-hybridized carbons (Fsp3) is 0.545. The maximum atomic E-state index is 12.6. The smallest absolute Gasteiger partial charge is 0.247 e. The molecule has 0 bridgehead atoms. The van der Waals surface area contributed by atoms with Gasteiger partial charge in [0.15, 0.2) is 5.82 Å². The summed E-state index contributed by atoms with van der Waals surface area (Å²) in [4.78, 5) is 3.99. The zero-order valence-electron chi connectivity index (χ0n) is 10.5. The van der Waals surface area contributed by atoms with E-state index in [0.717, 1.165) is 12.8 Å². The van der Waals surface area contributed by atoms with Crippen LogP contribution in [0.2, 0.25) is 0 Å². The molecule has 4 N–H and O–H groups in total. The minimum absolute atomic E-state index is 0.0221. The van der Waals surface area contributed by atoms with Crippen LogP contribution in [0.1, 0.15) is 19.3 Å². The average molecular weight is 286 g/mol. The molecular formula is C11H18N4O3S. The Morgan fingerprint density at radius 3 is 3.05 bits per heavy atom. The van der Waals surface area contributed by atoms with E-state index >= 15 is 0 Å². The van der Waals surface area contributed by atoms with Crippen molar-refractivity contribution in [1.29, 1.82) is 0 Å². The molecule has 0 saturated carbocycles. The summed E-state index contributed by atoms with van der Waals surface area (Å²) in [7, 11) is -3.64. The Balaban J connectivity index is 2.36. The van der Waals surface area contributed by atoms with Crippen molar-refractivity contribution in [2.75, 3.05) is 18.6 Å². The minimum Gasteiger partial charge on any atom is -0.396 e. The van der Waals surface area contributed by atoms with Crippen molar-refractivity contribution in [1.82, 2.24) is 9.29 Å². The fourth-order valence-corrected chi connectivity index (χ4v) is 4.23. The number of aliphatic hydroxyl groups is 1. The Bertz CT molecular complexity index is 534. The second-order valence-corrected chi connectivity index (χ2v) is 6.28. The van der Waals surface area contributed by atoms with Gasteiger partial charge in [-0.05, 0) is 31.4 Å². The summed E-state index contributed by atoms with van der Waals surface area (Å²) in [6.07, 6.45) is 3.50. The molecular weight excluding hydrogens is 268 g/mol. The Labute approximate surface area is 112 Å². The highest BCUT2D eigenvalue weighted by molar-refractivity contribution is 7.89. The number of rotatable bonds is 5. The summed E-state index contributed by atoms with van der Waals surface area (Å²) < 4.78 is 26.6. The molecule has 1 saturated heterocycles. The molecule has 1 fully saturated rings. The molecule has 1 unspecified atom stereocenters. The van der Waals surface area contributed by atoms with Crippen molar-refractivity contribution in [2.45, 2.75) is 30.2 Å². The fourth-order valence-electron chi connectivity index (χ4n) is 2.40. The summed E-state index contributed by atoms with van der Waals surface area (Å²) in [5.74, 6) is 5.44. The highest BCUT2D eigenvalue weighted by atomic mass is 32.2. The monoisotopic (exact) mass is 286 g/mol. The number of nitrogens with one attached hydrogen (secondary N) is 1. The van der Waals surface area contributed by atoms with Gasteiger partial charge in [0, 0.05) is 25.4 Å². The first kappa shape index (κ1) is 14.2. The second kappa shape index (κ2) is 5.83. The maximum Gasteiger partial charge on any atom is 0.247 e. The molecule has 2 heterocycles. The van der Waals surface area contributed by atoms with Gasteiger partial charge in [-0.15, -0.1) is 0 Å². The number of hydrazine groups is 1. The number of nitrogens with zero attached hydrogens (tertiary/aromatic N) is 2. The molecule has 19 heavy (non-hydrogen) atoms. The normalized spacial score (nSPS) is 20.6. The number of aromatic nitrogens is 1. The van der Waals surface area contributed by atoms with E-state index in [1.807, 2.05) is 0 Å². The first-order chi connectivity index (χ1) is 9.11. The van der Waals surface area contributed by atoms with Crippen LogP contribution in [0.15, 0.2) is 23.2 Å². The predicted molar refractivity (Wildman–Crippen MR) is 70.7 cm³/mol. The largest absolute Gasteiger partial charge is 0.396 e. The van der Waals surface area contributed by atoms with E-state index in [0.29, 0.717) is 13.0 Å². The first-order valence-corrected chi connectivity index (χ1v) is 7.59. The molecule has 0 amide bonds. The van der Waals surface area contributed by atoms with Crippen molar-refractivity contribution >= 4 is 15.8 Å².